The molecule has 0 spiro atoms. The summed E-state index contributed by atoms with van der Waals surface area (Å²) in [6.45, 7) is 7.53. The quantitative estimate of drug-likeness (QED) is 0.778. The van der Waals surface area contributed by atoms with E-state index >= 15 is 0 Å². The highest BCUT2D eigenvalue weighted by molar-refractivity contribution is 5.34. The molecule has 100 valence electrons. The van der Waals surface area contributed by atoms with Gasteiger partial charge in [0.15, 0.2) is 0 Å². The minimum Gasteiger partial charge on any atom is -0.508 e. The molecule has 2 N–H and O–H groups in total. The molecule has 0 saturated heterocycles. The van der Waals surface area contributed by atoms with Crippen LogP contribution in [0.1, 0.15) is 38.3 Å². The third-order valence-corrected chi connectivity index (χ3v) is 3.72. The summed E-state index contributed by atoms with van der Waals surface area (Å²) in [6, 6.07) is 8.58. The highest BCUT2D eigenvalue weighted by atomic mass is 16.3. The van der Waals surface area contributed by atoms with Gasteiger partial charge in [-0.25, -0.2) is 0 Å². The number of phenolic OH excluding ortho intramolecular Hbond substituents is 1. The van der Waals surface area contributed by atoms with Crippen molar-refractivity contribution in [1.29, 1.82) is 0 Å². The van der Waals surface area contributed by atoms with Gasteiger partial charge in [-0.15, -0.1) is 0 Å². The van der Waals surface area contributed by atoms with Gasteiger partial charge in [-0.05, 0) is 32.4 Å². The Morgan fingerprint density at radius 3 is 2.72 bits per heavy atom. The summed E-state index contributed by atoms with van der Waals surface area (Å²) in [7, 11) is 0. The molecular weight excluding hydrogens is 224 g/mol. The van der Waals surface area contributed by atoms with Crippen molar-refractivity contribution >= 4 is 0 Å². The molecule has 1 aliphatic rings. The molecule has 18 heavy (non-hydrogen) atoms. The van der Waals surface area contributed by atoms with Crippen molar-refractivity contribution in [3.8, 4) is 5.75 Å². The van der Waals surface area contributed by atoms with Crippen LogP contribution < -0.4 is 5.32 Å². The number of hydrogen-bond acceptors (Lipinski definition) is 3. The molecule has 3 nitrogen and oxygen atoms in total. The molecule has 0 radical (unpaired) electrons. The molecule has 1 aromatic carbocycles. The third kappa shape index (κ3) is 3.47. The zero-order valence-electron chi connectivity index (χ0n) is 11.4. The van der Waals surface area contributed by atoms with Crippen LogP contribution in [-0.2, 0) is 0 Å². The maximum Gasteiger partial charge on any atom is 0.120 e. The van der Waals surface area contributed by atoms with Crippen LogP contribution in [0.25, 0.3) is 0 Å². The van der Waals surface area contributed by atoms with E-state index in [1.54, 1.807) is 6.07 Å². The number of likely N-dealkylation sites (N-methyl/N-ethyl adjacent to an activating group) is 1. The fourth-order valence-electron chi connectivity index (χ4n) is 2.43. The summed E-state index contributed by atoms with van der Waals surface area (Å²) in [6.07, 6.45) is 2.73. The van der Waals surface area contributed by atoms with Gasteiger partial charge < -0.3 is 10.4 Å². The second kappa shape index (κ2) is 6.21. The predicted molar refractivity (Wildman–Crippen MR) is 74.8 cm³/mol. The number of rotatable bonds is 7. The zero-order valence-corrected chi connectivity index (χ0v) is 11.4. The molecule has 1 saturated carbocycles. The average Bonchev–Trinajstić information content (AvgIpc) is 3.19. The van der Waals surface area contributed by atoms with Crippen molar-refractivity contribution in [2.75, 3.05) is 19.6 Å². The fourth-order valence-corrected chi connectivity index (χ4v) is 2.43. The predicted octanol–water partition coefficient (Wildman–Crippen LogP) is 2.53. The van der Waals surface area contributed by atoms with Crippen LogP contribution in [0.3, 0.4) is 0 Å². The summed E-state index contributed by atoms with van der Waals surface area (Å²) in [5.41, 5.74) is 0.979. The Balaban J connectivity index is 1.77. The van der Waals surface area contributed by atoms with Crippen LogP contribution in [0.15, 0.2) is 24.3 Å². The smallest absolute Gasteiger partial charge is 0.120 e. The first kappa shape index (κ1) is 13.4. The lowest BCUT2D eigenvalue weighted by molar-refractivity contribution is 0.273. The molecule has 0 aromatic heterocycles. The molecule has 0 bridgehead atoms. The Kier molecular flexibility index (Phi) is 4.61. The SMILES string of the molecule is CCN(CCNC(C)c1ccccc1O)C1CC1. The van der Waals surface area contributed by atoms with Gasteiger partial charge in [0.2, 0.25) is 0 Å². The summed E-state index contributed by atoms with van der Waals surface area (Å²) in [5, 5.41) is 13.3. The van der Waals surface area contributed by atoms with Gasteiger partial charge >= 0.3 is 0 Å². The van der Waals surface area contributed by atoms with Crippen LogP contribution in [0, 0.1) is 0 Å². The Labute approximate surface area is 110 Å². The minimum absolute atomic E-state index is 0.198. The first-order chi connectivity index (χ1) is 8.72. The van der Waals surface area contributed by atoms with Crippen LogP contribution in [0.2, 0.25) is 0 Å². The highest BCUT2D eigenvalue weighted by Gasteiger charge is 2.27. The van der Waals surface area contributed by atoms with Gasteiger partial charge in [-0.2, -0.15) is 0 Å². The van der Waals surface area contributed by atoms with E-state index in [1.165, 1.54) is 12.8 Å². The molecule has 0 aliphatic heterocycles. The molecule has 0 heterocycles. The third-order valence-electron chi connectivity index (χ3n) is 3.72. The second-order valence-corrected chi connectivity index (χ2v) is 5.09. The summed E-state index contributed by atoms with van der Waals surface area (Å²) < 4.78 is 0. The number of benzene rings is 1. The number of para-hydroxylation sites is 1. The molecule has 1 aromatic rings. The minimum atomic E-state index is 0.198. The monoisotopic (exact) mass is 248 g/mol. The Morgan fingerprint density at radius 2 is 2.11 bits per heavy atom. The Morgan fingerprint density at radius 1 is 1.39 bits per heavy atom. The van der Waals surface area contributed by atoms with E-state index in [-0.39, 0.29) is 6.04 Å². The van der Waals surface area contributed by atoms with Gasteiger partial charge in [0.25, 0.3) is 0 Å². The molecule has 2 rings (SSSR count). The molecule has 0 amide bonds. The van der Waals surface area contributed by atoms with Gasteiger partial charge in [-0.1, -0.05) is 25.1 Å². The summed E-state index contributed by atoms with van der Waals surface area (Å²) in [4.78, 5) is 2.53. The molecule has 1 unspecified atom stereocenters. The largest absolute Gasteiger partial charge is 0.508 e. The van der Waals surface area contributed by atoms with Crippen LogP contribution >= 0.6 is 0 Å². The molecule has 1 fully saturated rings. The lowest BCUT2D eigenvalue weighted by Crippen LogP contribution is -2.34. The van der Waals surface area contributed by atoms with Crippen molar-refractivity contribution in [2.24, 2.45) is 0 Å². The number of hydrogen-bond donors (Lipinski definition) is 2. The lowest BCUT2D eigenvalue weighted by Gasteiger charge is -2.22. The van der Waals surface area contributed by atoms with Crippen molar-refractivity contribution in [1.82, 2.24) is 10.2 Å². The van der Waals surface area contributed by atoms with Gasteiger partial charge in [0.05, 0.1) is 0 Å². The number of phenols is 1. The van der Waals surface area contributed by atoms with Crippen molar-refractivity contribution in [3.63, 3.8) is 0 Å². The van der Waals surface area contributed by atoms with Crippen LogP contribution in [0.4, 0.5) is 0 Å². The van der Waals surface area contributed by atoms with Crippen molar-refractivity contribution in [2.45, 2.75) is 38.8 Å². The van der Waals surface area contributed by atoms with E-state index in [2.05, 4.69) is 24.1 Å². The maximum atomic E-state index is 9.78. The first-order valence-corrected chi connectivity index (χ1v) is 6.97. The van der Waals surface area contributed by atoms with Crippen molar-refractivity contribution in [3.05, 3.63) is 29.8 Å². The van der Waals surface area contributed by atoms with E-state index in [9.17, 15) is 5.11 Å². The lowest BCUT2D eigenvalue weighted by atomic mass is 10.1. The standard InChI is InChI=1S/C15H24N2O/c1-3-17(13-8-9-13)11-10-16-12(2)14-6-4-5-7-15(14)18/h4-7,12-13,16,18H,3,8-11H2,1-2H3. The van der Waals surface area contributed by atoms with E-state index in [0.717, 1.165) is 31.2 Å². The number of aromatic hydroxyl groups is 1. The van der Waals surface area contributed by atoms with E-state index in [1.807, 2.05) is 18.2 Å². The Hall–Kier alpha value is -1.06. The van der Waals surface area contributed by atoms with E-state index < -0.39 is 0 Å². The van der Waals surface area contributed by atoms with Crippen molar-refractivity contribution < 1.29 is 5.11 Å². The normalized spacial score (nSPS) is 17.1. The van der Waals surface area contributed by atoms with Gasteiger partial charge in [0, 0.05) is 30.7 Å². The molecule has 1 atom stereocenters. The highest BCUT2D eigenvalue weighted by Crippen LogP contribution is 2.26. The second-order valence-electron chi connectivity index (χ2n) is 5.09. The number of nitrogens with one attached hydrogen (secondary N) is 1. The van der Waals surface area contributed by atoms with Gasteiger partial charge in [0.1, 0.15) is 5.75 Å². The van der Waals surface area contributed by atoms with Crippen LogP contribution in [-0.4, -0.2) is 35.7 Å². The zero-order chi connectivity index (χ0) is 13.0. The first-order valence-electron chi connectivity index (χ1n) is 6.97. The Bertz CT molecular complexity index is 377. The fraction of sp³-hybridized carbons (Fsp3) is 0.600. The maximum absolute atomic E-state index is 9.78. The molecule has 1 aliphatic carbocycles. The number of nitrogens with zero attached hydrogens (tertiary/aromatic N) is 1. The summed E-state index contributed by atoms with van der Waals surface area (Å²) >= 11 is 0. The topological polar surface area (TPSA) is 35.5 Å². The average molecular weight is 248 g/mol. The van der Waals surface area contributed by atoms with E-state index in [0.29, 0.717) is 5.75 Å². The van der Waals surface area contributed by atoms with Crippen LogP contribution in [0.5, 0.6) is 5.75 Å². The molecule has 3 heteroatoms. The van der Waals surface area contributed by atoms with E-state index in [4.69, 9.17) is 0 Å². The summed E-state index contributed by atoms with van der Waals surface area (Å²) in [5.74, 6) is 0.382. The molecular formula is C15H24N2O. The van der Waals surface area contributed by atoms with Gasteiger partial charge in [-0.3, -0.25) is 4.90 Å².